The Kier molecular flexibility index (Phi) is 4.23. The summed E-state index contributed by atoms with van der Waals surface area (Å²) in [5.74, 6) is 0.265. The molecule has 1 amide bonds. The van der Waals surface area contributed by atoms with Crippen molar-refractivity contribution >= 4 is 5.91 Å². The van der Waals surface area contributed by atoms with Crippen LogP contribution < -0.4 is 0 Å². The highest BCUT2D eigenvalue weighted by Gasteiger charge is 2.49. The lowest BCUT2D eigenvalue weighted by atomic mass is 9.78. The summed E-state index contributed by atoms with van der Waals surface area (Å²) in [6.45, 7) is 3.71. The number of β-lactam (4-membered cyclic amide) rings is 1. The average molecular weight is 281 g/mol. The predicted octanol–water partition coefficient (Wildman–Crippen LogP) is 4.26. The first kappa shape index (κ1) is 14.1. The van der Waals surface area contributed by atoms with E-state index >= 15 is 0 Å². The van der Waals surface area contributed by atoms with Crippen molar-refractivity contribution in [1.82, 2.24) is 4.90 Å². The molecule has 1 aromatic rings. The van der Waals surface area contributed by atoms with Crippen LogP contribution in [0.5, 0.6) is 0 Å². The van der Waals surface area contributed by atoms with E-state index in [9.17, 15) is 4.79 Å². The quantitative estimate of drug-likeness (QED) is 0.596. The van der Waals surface area contributed by atoms with E-state index < -0.39 is 0 Å². The van der Waals surface area contributed by atoms with Gasteiger partial charge in [0.1, 0.15) is 0 Å². The SMILES string of the molecule is C=C/C=C/[C@@H]1C(=O)N(C2CCCCC2)[C@@H]1c1ccccc1. The van der Waals surface area contributed by atoms with Gasteiger partial charge in [-0.3, -0.25) is 4.79 Å². The van der Waals surface area contributed by atoms with Crippen LogP contribution in [-0.2, 0) is 4.79 Å². The zero-order chi connectivity index (χ0) is 14.7. The number of hydrogen-bond donors (Lipinski definition) is 0. The van der Waals surface area contributed by atoms with E-state index in [-0.39, 0.29) is 17.9 Å². The van der Waals surface area contributed by atoms with Crippen LogP contribution in [0.3, 0.4) is 0 Å². The molecule has 21 heavy (non-hydrogen) atoms. The fraction of sp³-hybridized carbons (Fsp3) is 0.421. The summed E-state index contributed by atoms with van der Waals surface area (Å²) >= 11 is 0. The molecule has 2 heteroatoms. The largest absolute Gasteiger partial charge is 0.331 e. The van der Waals surface area contributed by atoms with Gasteiger partial charge in [0.2, 0.25) is 5.91 Å². The topological polar surface area (TPSA) is 20.3 Å². The van der Waals surface area contributed by atoms with Crippen LogP contribution in [0, 0.1) is 5.92 Å². The van der Waals surface area contributed by atoms with Crippen molar-refractivity contribution < 1.29 is 4.79 Å². The summed E-state index contributed by atoms with van der Waals surface area (Å²) in [7, 11) is 0. The van der Waals surface area contributed by atoms with Gasteiger partial charge < -0.3 is 4.90 Å². The van der Waals surface area contributed by atoms with Crippen molar-refractivity contribution in [1.29, 1.82) is 0 Å². The first-order valence-corrected chi connectivity index (χ1v) is 7.99. The number of amides is 1. The predicted molar refractivity (Wildman–Crippen MR) is 85.7 cm³/mol. The Morgan fingerprint density at radius 1 is 1.10 bits per heavy atom. The Hall–Kier alpha value is -1.83. The Morgan fingerprint density at radius 3 is 2.48 bits per heavy atom. The van der Waals surface area contributed by atoms with E-state index in [2.05, 4.69) is 35.7 Å². The van der Waals surface area contributed by atoms with Crippen molar-refractivity contribution in [2.45, 2.75) is 44.2 Å². The van der Waals surface area contributed by atoms with E-state index in [1.54, 1.807) is 6.08 Å². The number of benzene rings is 1. The Bertz CT molecular complexity index is 528. The zero-order valence-corrected chi connectivity index (χ0v) is 12.4. The van der Waals surface area contributed by atoms with Gasteiger partial charge in [0, 0.05) is 6.04 Å². The zero-order valence-electron chi connectivity index (χ0n) is 12.4. The molecule has 0 aromatic heterocycles. The molecule has 0 N–H and O–H groups in total. The molecule has 1 aromatic carbocycles. The Labute approximate surface area is 127 Å². The molecule has 0 spiro atoms. The fourth-order valence-corrected chi connectivity index (χ4v) is 3.71. The highest BCUT2D eigenvalue weighted by molar-refractivity contribution is 5.88. The highest BCUT2D eigenvalue weighted by atomic mass is 16.2. The van der Waals surface area contributed by atoms with Gasteiger partial charge in [0.05, 0.1) is 12.0 Å². The van der Waals surface area contributed by atoms with Crippen molar-refractivity contribution in [3.05, 3.63) is 60.7 Å². The fourth-order valence-electron chi connectivity index (χ4n) is 3.71. The average Bonchev–Trinajstić information content (AvgIpc) is 2.54. The molecule has 2 aliphatic rings. The molecule has 3 rings (SSSR count). The monoisotopic (exact) mass is 281 g/mol. The lowest BCUT2D eigenvalue weighted by Gasteiger charge is -2.51. The second-order valence-corrected chi connectivity index (χ2v) is 6.04. The van der Waals surface area contributed by atoms with Gasteiger partial charge in [-0.15, -0.1) is 0 Å². The molecule has 110 valence electrons. The summed E-state index contributed by atoms with van der Waals surface area (Å²) in [6, 6.07) is 11.1. The molecular weight excluding hydrogens is 258 g/mol. The second kappa shape index (κ2) is 6.30. The summed E-state index contributed by atoms with van der Waals surface area (Å²) in [4.78, 5) is 14.7. The van der Waals surface area contributed by atoms with Gasteiger partial charge in [-0.2, -0.15) is 0 Å². The van der Waals surface area contributed by atoms with Crippen LogP contribution in [-0.4, -0.2) is 16.8 Å². The number of likely N-dealkylation sites (tertiary alicyclic amines) is 1. The number of rotatable bonds is 4. The molecule has 2 atom stereocenters. The molecule has 2 fully saturated rings. The maximum atomic E-state index is 12.6. The standard InChI is InChI=1S/C19H23NO/c1-2-3-14-17-18(15-10-6-4-7-11-15)20(19(17)21)16-12-8-5-9-13-16/h2-4,6-7,10-11,14,16-18H,1,5,8-9,12-13H2/b14-3+/t17-,18+/m0/s1. The van der Waals surface area contributed by atoms with Gasteiger partial charge >= 0.3 is 0 Å². The first-order chi connectivity index (χ1) is 10.3. The molecule has 1 saturated carbocycles. The summed E-state index contributed by atoms with van der Waals surface area (Å²) < 4.78 is 0. The highest BCUT2D eigenvalue weighted by Crippen LogP contribution is 2.44. The van der Waals surface area contributed by atoms with Crippen LogP contribution in [0.25, 0.3) is 0 Å². The first-order valence-electron chi connectivity index (χ1n) is 7.99. The number of nitrogens with zero attached hydrogens (tertiary/aromatic N) is 1. The maximum Gasteiger partial charge on any atom is 0.232 e. The number of carbonyl (C=O) groups is 1. The molecular formula is C19H23NO. The van der Waals surface area contributed by atoms with Gasteiger partial charge in [-0.05, 0) is 18.4 Å². The minimum absolute atomic E-state index is 0.0210. The van der Waals surface area contributed by atoms with E-state index in [0.717, 1.165) is 12.8 Å². The molecule has 0 bridgehead atoms. The Morgan fingerprint density at radius 2 is 1.81 bits per heavy atom. The Balaban J connectivity index is 1.86. The smallest absolute Gasteiger partial charge is 0.232 e. The van der Waals surface area contributed by atoms with E-state index in [0.29, 0.717) is 6.04 Å². The molecule has 2 nitrogen and oxygen atoms in total. The van der Waals surface area contributed by atoms with Crippen LogP contribution in [0.2, 0.25) is 0 Å². The summed E-state index contributed by atoms with van der Waals surface area (Å²) in [5, 5.41) is 0. The molecule has 1 aliphatic heterocycles. The molecule has 0 unspecified atom stereocenters. The number of carbonyl (C=O) groups excluding carboxylic acids is 1. The molecule has 1 aliphatic carbocycles. The normalized spacial score (nSPS) is 26.9. The van der Waals surface area contributed by atoms with E-state index in [4.69, 9.17) is 0 Å². The molecule has 1 heterocycles. The van der Waals surface area contributed by atoms with E-state index in [1.165, 1.54) is 24.8 Å². The van der Waals surface area contributed by atoms with Crippen LogP contribution in [0.15, 0.2) is 55.1 Å². The number of hydrogen-bond acceptors (Lipinski definition) is 1. The van der Waals surface area contributed by atoms with Crippen molar-refractivity contribution in [3.63, 3.8) is 0 Å². The van der Waals surface area contributed by atoms with E-state index in [1.807, 2.05) is 18.2 Å². The van der Waals surface area contributed by atoms with Crippen molar-refractivity contribution in [2.75, 3.05) is 0 Å². The number of allylic oxidation sites excluding steroid dienone is 2. The third-order valence-electron chi connectivity index (χ3n) is 4.74. The van der Waals surface area contributed by atoms with Crippen LogP contribution in [0.1, 0.15) is 43.7 Å². The van der Waals surface area contributed by atoms with Crippen LogP contribution in [0.4, 0.5) is 0 Å². The van der Waals surface area contributed by atoms with Gasteiger partial charge in [-0.1, -0.05) is 74.4 Å². The summed E-state index contributed by atoms with van der Waals surface area (Å²) in [6.07, 6.45) is 11.8. The third-order valence-corrected chi connectivity index (χ3v) is 4.74. The lowest BCUT2D eigenvalue weighted by molar-refractivity contribution is -0.159. The molecule has 0 radical (unpaired) electrons. The minimum Gasteiger partial charge on any atom is -0.331 e. The third kappa shape index (κ3) is 2.67. The lowest BCUT2D eigenvalue weighted by Crippen LogP contribution is -2.58. The van der Waals surface area contributed by atoms with Gasteiger partial charge in [0.25, 0.3) is 0 Å². The van der Waals surface area contributed by atoms with Gasteiger partial charge in [0.15, 0.2) is 0 Å². The van der Waals surface area contributed by atoms with Gasteiger partial charge in [-0.25, -0.2) is 0 Å². The summed E-state index contributed by atoms with van der Waals surface area (Å²) in [5.41, 5.74) is 1.25. The van der Waals surface area contributed by atoms with Crippen molar-refractivity contribution in [2.24, 2.45) is 5.92 Å². The molecule has 1 saturated heterocycles. The van der Waals surface area contributed by atoms with Crippen LogP contribution >= 0.6 is 0 Å². The van der Waals surface area contributed by atoms with Crippen molar-refractivity contribution in [3.8, 4) is 0 Å². The maximum absolute atomic E-state index is 12.6. The minimum atomic E-state index is -0.0210. The second-order valence-electron chi connectivity index (χ2n) is 6.04.